The number of ether oxygens (including phenoxy) is 1. The Morgan fingerprint density at radius 1 is 0.882 bits per heavy atom. The molecule has 0 atom stereocenters. The summed E-state index contributed by atoms with van der Waals surface area (Å²) in [6, 6.07) is 6.35. The fourth-order valence-electron chi connectivity index (χ4n) is 1.68. The second-order valence-electron chi connectivity index (χ2n) is 4.22. The van der Waals surface area contributed by atoms with E-state index in [1.807, 2.05) is 0 Å². The molecule has 0 aromatic heterocycles. The number of unbranched alkanes of at least 4 members (excludes halogenated alkanes) is 5. The first kappa shape index (κ1) is 15.5. The molecule has 0 radical (unpaired) electrons. The zero-order chi connectivity index (χ0) is 12.5. The lowest BCUT2D eigenvalue weighted by Crippen LogP contribution is -1.98. The third kappa shape index (κ3) is 7.49. The largest absolute Gasteiger partial charge is 0.494 e. The fraction of sp³-hybridized carbons (Fsp3) is 0.571. The van der Waals surface area contributed by atoms with Gasteiger partial charge in [-0.15, -0.1) is 0 Å². The Labute approximate surface area is 132 Å². The molecule has 1 aromatic rings. The van der Waals surface area contributed by atoms with Gasteiger partial charge in [0.1, 0.15) is 5.75 Å². The Bertz CT molecular complexity index is 306. The molecule has 0 amide bonds. The Morgan fingerprint density at radius 2 is 1.47 bits per heavy atom. The second-order valence-corrected chi connectivity index (χ2v) is 6.71. The number of hydrogen-bond acceptors (Lipinski definition) is 1. The summed E-state index contributed by atoms with van der Waals surface area (Å²) in [4.78, 5) is 0. The van der Waals surface area contributed by atoms with Crippen molar-refractivity contribution in [1.82, 2.24) is 0 Å². The van der Waals surface area contributed by atoms with Crippen LogP contribution in [0.3, 0.4) is 0 Å². The van der Waals surface area contributed by atoms with Gasteiger partial charge in [-0.25, -0.2) is 0 Å². The molecule has 0 N–H and O–H groups in total. The van der Waals surface area contributed by atoms with Crippen LogP contribution in [0.15, 0.2) is 18.2 Å². The number of halogens is 2. The predicted molar refractivity (Wildman–Crippen MR) is 90.7 cm³/mol. The molecule has 0 aliphatic carbocycles. The van der Waals surface area contributed by atoms with Crippen LogP contribution in [0, 0.1) is 7.14 Å². The van der Waals surface area contributed by atoms with Crippen LogP contribution in [0.5, 0.6) is 5.75 Å². The SMILES string of the molecule is CCCCCCCCOc1cc(I)cc(I)c1. The normalized spacial score (nSPS) is 10.5. The van der Waals surface area contributed by atoms with Gasteiger partial charge in [0.05, 0.1) is 6.61 Å². The highest BCUT2D eigenvalue weighted by Crippen LogP contribution is 2.20. The van der Waals surface area contributed by atoms with Gasteiger partial charge < -0.3 is 4.74 Å². The van der Waals surface area contributed by atoms with Crippen molar-refractivity contribution < 1.29 is 4.74 Å². The van der Waals surface area contributed by atoms with Gasteiger partial charge in [0, 0.05) is 7.14 Å². The first-order chi connectivity index (χ1) is 8.22. The van der Waals surface area contributed by atoms with E-state index in [-0.39, 0.29) is 0 Å². The average molecular weight is 458 g/mol. The smallest absolute Gasteiger partial charge is 0.121 e. The van der Waals surface area contributed by atoms with Crippen LogP contribution in [-0.4, -0.2) is 6.61 Å². The molecule has 1 nitrogen and oxygen atoms in total. The summed E-state index contributed by atoms with van der Waals surface area (Å²) in [5.74, 6) is 1.01. The maximum atomic E-state index is 5.76. The summed E-state index contributed by atoms with van der Waals surface area (Å²) in [5.41, 5.74) is 0. The quantitative estimate of drug-likeness (QED) is 0.363. The van der Waals surface area contributed by atoms with Crippen LogP contribution in [0.4, 0.5) is 0 Å². The lowest BCUT2D eigenvalue weighted by molar-refractivity contribution is 0.304. The van der Waals surface area contributed by atoms with Crippen LogP contribution in [-0.2, 0) is 0 Å². The first-order valence-corrected chi connectivity index (χ1v) is 8.47. The highest BCUT2D eigenvalue weighted by Gasteiger charge is 1.98. The molecule has 0 heterocycles. The van der Waals surface area contributed by atoms with Gasteiger partial charge in [-0.1, -0.05) is 39.0 Å². The van der Waals surface area contributed by atoms with Crippen LogP contribution in [0.2, 0.25) is 0 Å². The minimum absolute atomic E-state index is 0.850. The molecule has 0 unspecified atom stereocenters. The van der Waals surface area contributed by atoms with E-state index in [0.717, 1.165) is 12.4 Å². The Morgan fingerprint density at radius 3 is 2.12 bits per heavy atom. The predicted octanol–water partition coefficient (Wildman–Crippen LogP) is 5.64. The molecule has 1 aromatic carbocycles. The highest BCUT2D eigenvalue weighted by atomic mass is 127. The molecule has 0 spiro atoms. The van der Waals surface area contributed by atoms with E-state index in [1.54, 1.807) is 0 Å². The van der Waals surface area contributed by atoms with Crippen LogP contribution >= 0.6 is 45.2 Å². The molecule has 3 heteroatoms. The van der Waals surface area contributed by atoms with Gasteiger partial charge >= 0.3 is 0 Å². The van der Waals surface area contributed by atoms with E-state index in [4.69, 9.17) is 4.74 Å². The van der Waals surface area contributed by atoms with Crippen molar-refractivity contribution in [2.45, 2.75) is 45.4 Å². The average Bonchev–Trinajstić information content (AvgIpc) is 2.26. The summed E-state index contributed by atoms with van der Waals surface area (Å²) in [6.07, 6.45) is 7.87. The monoisotopic (exact) mass is 458 g/mol. The molecule has 0 aliphatic heterocycles. The maximum absolute atomic E-state index is 5.76. The van der Waals surface area contributed by atoms with E-state index in [0.29, 0.717) is 0 Å². The Hall–Kier alpha value is 0.480. The minimum Gasteiger partial charge on any atom is -0.494 e. The number of hydrogen-bond donors (Lipinski definition) is 0. The lowest BCUT2D eigenvalue weighted by atomic mass is 10.1. The fourth-order valence-corrected chi connectivity index (χ4v) is 3.56. The Balaban J connectivity index is 2.13. The summed E-state index contributed by atoms with van der Waals surface area (Å²) < 4.78 is 8.25. The third-order valence-electron chi connectivity index (χ3n) is 2.60. The van der Waals surface area contributed by atoms with Gasteiger partial charge in [0.2, 0.25) is 0 Å². The second kappa shape index (κ2) is 9.42. The molecule has 0 saturated heterocycles. The minimum atomic E-state index is 0.850. The van der Waals surface area contributed by atoms with Gasteiger partial charge in [-0.3, -0.25) is 0 Å². The lowest BCUT2D eigenvalue weighted by Gasteiger charge is -2.07. The number of benzene rings is 1. The standard InChI is InChI=1S/C14H20I2O/c1-2-3-4-5-6-7-8-17-14-10-12(15)9-13(16)11-14/h9-11H,2-8H2,1H3. The molecule has 0 fully saturated rings. The molecular formula is C14H20I2O. The Kier molecular flexibility index (Phi) is 8.61. The molecule has 0 aliphatic rings. The summed E-state index contributed by atoms with van der Waals surface area (Å²) in [7, 11) is 0. The van der Waals surface area contributed by atoms with Crippen molar-refractivity contribution in [3.8, 4) is 5.75 Å². The zero-order valence-electron chi connectivity index (χ0n) is 10.3. The molecular weight excluding hydrogens is 438 g/mol. The van der Waals surface area contributed by atoms with Crippen molar-refractivity contribution >= 4 is 45.2 Å². The van der Waals surface area contributed by atoms with Crippen molar-refractivity contribution in [2.24, 2.45) is 0 Å². The highest BCUT2D eigenvalue weighted by molar-refractivity contribution is 14.1. The van der Waals surface area contributed by atoms with Crippen molar-refractivity contribution in [2.75, 3.05) is 6.61 Å². The van der Waals surface area contributed by atoms with Crippen molar-refractivity contribution in [3.63, 3.8) is 0 Å². The van der Waals surface area contributed by atoms with E-state index in [2.05, 4.69) is 70.3 Å². The topological polar surface area (TPSA) is 9.23 Å². The van der Waals surface area contributed by atoms with E-state index >= 15 is 0 Å². The maximum Gasteiger partial charge on any atom is 0.121 e. The van der Waals surface area contributed by atoms with E-state index in [1.165, 1.54) is 45.7 Å². The summed E-state index contributed by atoms with van der Waals surface area (Å²) in [6.45, 7) is 3.10. The van der Waals surface area contributed by atoms with Gasteiger partial charge in [-0.05, 0) is 69.8 Å². The van der Waals surface area contributed by atoms with E-state index < -0.39 is 0 Å². The molecule has 96 valence electrons. The molecule has 17 heavy (non-hydrogen) atoms. The number of rotatable bonds is 8. The van der Waals surface area contributed by atoms with Crippen molar-refractivity contribution in [3.05, 3.63) is 25.3 Å². The van der Waals surface area contributed by atoms with Crippen LogP contribution in [0.1, 0.15) is 45.4 Å². The zero-order valence-corrected chi connectivity index (χ0v) is 14.7. The first-order valence-electron chi connectivity index (χ1n) is 6.31. The molecule has 0 bridgehead atoms. The van der Waals surface area contributed by atoms with Crippen molar-refractivity contribution in [1.29, 1.82) is 0 Å². The molecule has 0 saturated carbocycles. The summed E-state index contributed by atoms with van der Waals surface area (Å²) >= 11 is 4.66. The van der Waals surface area contributed by atoms with Gasteiger partial charge in [0.15, 0.2) is 0 Å². The summed E-state index contributed by atoms with van der Waals surface area (Å²) in [5, 5.41) is 0. The third-order valence-corrected chi connectivity index (χ3v) is 3.85. The molecule has 1 rings (SSSR count). The van der Waals surface area contributed by atoms with Crippen LogP contribution < -0.4 is 4.74 Å². The van der Waals surface area contributed by atoms with E-state index in [9.17, 15) is 0 Å². The van der Waals surface area contributed by atoms with Crippen LogP contribution in [0.25, 0.3) is 0 Å². The van der Waals surface area contributed by atoms with Gasteiger partial charge in [0.25, 0.3) is 0 Å². The van der Waals surface area contributed by atoms with Gasteiger partial charge in [-0.2, -0.15) is 0 Å².